The van der Waals surface area contributed by atoms with Crippen LogP contribution in [0, 0.1) is 13.8 Å². The third kappa shape index (κ3) is 5.34. The minimum Gasteiger partial charge on any atom is -0.493 e. The highest BCUT2D eigenvalue weighted by Gasteiger charge is 2.14. The topological polar surface area (TPSA) is 41.6 Å². The van der Waals surface area contributed by atoms with E-state index in [1.807, 2.05) is 4.90 Å². The summed E-state index contributed by atoms with van der Waals surface area (Å²) in [6, 6.07) is 6.25. The standard InChI is InChI=1S/C18H28N2O2/c1-15-7-8-16(2)17(14-15)22-13-4-3-6-18(21)20-11-5-9-19-10-12-20/h7-8,14,19H,3-6,9-13H2,1-2H3. The number of unbranched alkanes of at least 4 members (excludes halogenated alkanes) is 1. The van der Waals surface area contributed by atoms with Gasteiger partial charge < -0.3 is 15.0 Å². The van der Waals surface area contributed by atoms with E-state index in [1.54, 1.807) is 0 Å². The van der Waals surface area contributed by atoms with Crippen molar-refractivity contribution in [3.8, 4) is 5.75 Å². The fourth-order valence-electron chi connectivity index (χ4n) is 2.68. The van der Waals surface area contributed by atoms with Gasteiger partial charge in [0.15, 0.2) is 0 Å². The van der Waals surface area contributed by atoms with E-state index in [0.717, 1.165) is 51.2 Å². The van der Waals surface area contributed by atoms with Crippen LogP contribution in [-0.2, 0) is 4.79 Å². The summed E-state index contributed by atoms with van der Waals surface area (Å²) >= 11 is 0. The number of carbonyl (C=O) groups excluding carboxylic acids is 1. The second-order valence-corrected chi connectivity index (χ2v) is 6.06. The van der Waals surface area contributed by atoms with Gasteiger partial charge in [-0.15, -0.1) is 0 Å². The minimum absolute atomic E-state index is 0.287. The van der Waals surface area contributed by atoms with E-state index >= 15 is 0 Å². The van der Waals surface area contributed by atoms with Crippen molar-refractivity contribution in [1.29, 1.82) is 0 Å². The Labute approximate surface area is 133 Å². The third-order valence-electron chi connectivity index (χ3n) is 4.08. The predicted octanol–water partition coefficient (Wildman–Crippen LogP) is 2.67. The average Bonchev–Trinajstić information content (AvgIpc) is 2.79. The Morgan fingerprint density at radius 3 is 2.95 bits per heavy atom. The van der Waals surface area contributed by atoms with E-state index in [0.29, 0.717) is 13.0 Å². The van der Waals surface area contributed by atoms with Gasteiger partial charge in [-0.3, -0.25) is 4.79 Å². The molecule has 0 unspecified atom stereocenters. The summed E-state index contributed by atoms with van der Waals surface area (Å²) in [6.45, 7) is 8.49. The molecule has 122 valence electrons. The van der Waals surface area contributed by atoms with Crippen molar-refractivity contribution in [2.24, 2.45) is 0 Å². The number of carbonyl (C=O) groups is 1. The maximum Gasteiger partial charge on any atom is 0.222 e. The molecule has 1 heterocycles. The van der Waals surface area contributed by atoms with Gasteiger partial charge in [0.05, 0.1) is 6.61 Å². The molecule has 1 saturated heterocycles. The number of aryl methyl sites for hydroxylation is 2. The van der Waals surface area contributed by atoms with Gasteiger partial charge in [0.25, 0.3) is 0 Å². The van der Waals surface area contributed by atoms with Crippen molar-refractivity contribution in [2.75, 3.05) is 32.8 Å². The molecule has 1 aliphatic heterocycles. The molecule has 4 nitrogen and oxygen atoms in total. The SMILES string of the molecule is Cc1ccc(C)c(OCCCCC(=O)N2CCCNCC2)c1. The van der Waals surface area contributed by atoms with Gasteiger partial charge in [0, 0.05) is 26.1 Å². The maximum atomic E-state index is 12.1. The Morgan fingerprint density at radius 1 is 1.23 bits per heavy atom. The van der Waals surface area contributed by atoms with E-state index in [1.165, 1.54) is 11.1 Å². The van der Waals surface area contributed by atoms with Crippen molar-refractivity contribution in [1.82, 2.24) is 10.2 Å². The highest BCUT2D eigenvalue weighted by atomic mass is 16.5. The summed E-state index contributed by atoms with van der Waals surface area (Å²) in [5.74, 6) is 1.25. The fourth-order valence-corrected chi connectivity index (χ4v) is 2.68. The molecule has 1 aromatic carbocycles. The molecule has 0 aliphatic carbocycles. The first-order valence-electron chi connectivity index (χ1n) is 8.35. The Balaban J connectivity index is 1.64. The number of hydrogen-bond donors (Lipinski definition) is 1. The van der Waals surface area contributed by atoms with Crippen LogP contribution in [0.15, 0.2) is 18.2 Å². The van der Waals surface area contributed by atoms with Crippen molar-refractivity contribution in [3.05, 3.63) is 29.3 Å². The second kappa shape index (κ2) is 8.79. The summed E-state index contributed by atoms with van der Waals surface area (Å²) < 4.78 is 5.83. The zero-order valence-corrected chi connectivity index (χ0v) is 13.9. The lowest BCUT2D eigenvalue weighted by atomic mass is 10.1. The summed E-state index contributed by atoms with van der Waals surface area (Å²) in [5.41, 5.74) is 2.38. The van der Waals surface area contributed by atoms with Gasteiger partial charge in [0.2, 0.25) is 5.91 Å². The lowest BCUT2D eigenvalue weighted by Gasteiger charge is -2.19. The number of nitrogens with zero attached hydrogens (tertiary/aromatic N) is 1. The molecule has 1 N–H and O–H groups in total. The zero-order valence-electron chi connectivity index (χ0n) is 13.9. The molecule has 22 heavy (non-hydrogen) atoms. The summed E-state index contributed by atoms with van der Waals surface area (Å²) in [4.78, 5) is 14.1. The lowest BCUT2D eigenvalue weighted by molar-refractivity contribution is -0.131. The number of amides is 1. The van der Waals surface area contributed by atoms with E-state index in [2.05, 4.69) is 37.4 Å². The van der Waals surface area contributed by atoms with Gasteiger partial charge in [-0.25, -0.2) is 0 Å². The van der Waals surface area contributed by atoms with Crippen LogP contribution in [0.2, 0.25) is 0 Å². The monoisotopic (exact) mass is 304 g/mol. The van der Waals surface area contributed by atoms with Crippen LogP contribution in [0.1, 0.15) is 36.8 Å². The normalized spacial score (nSPS) is 15.5. The molecule has 1 aromatic rings. The zero-order chi connectivity index (χ0) is 15.8. The molecule has 1 aliphatic rings. The molecule has 0 atom stereocenters. The van der Waals surface area contributed by atoms with Crippen LogP contribution in [0.25, 0.3) is 0 Å². The van der Waals surface area contributed by atoms with Gasteiger partial charge in [0.1, 0.15) is 5.75 Å². The summed E-state index contributed by atoms with van der Waals surface area (Å²) in [7, 11) is 0. The van der Waals surface area contributed by atoms with Gasteiger partial charge >= 0.3 is 0 Å². The smallest absolute Gasteiger partial charge is 0.222 e. The molecular weight excluding hydrogens is 276 g/mol. The molecule has 1 amide bonds. The van der Waals surface area contributed by atoms with Crippen LogP contribution < -0.4 is 10.1 Å². The predicted molar refractivity (Wildman–Crippen MR) is 89.3 cm³/mol. The third-order valence-corrected chi connectivity index (χ3v) is 4.08. The van der Waals surface area contributed by atoms with E-state index in [-0.39, 0.29) is 5.91 Å². The highest BCUT2D eigenvalue weighted by molar-refractivity contribution is 5.76. The number of benzene rings is 1. The Hall–Kier alpha value is -1.55. The first-order chi connectivity index (χ1) is 10.7. The van der Waals surface area contributed by atoms with Crippen LogP contribution in [0.4, 0.5) is 0 Å². The lowest BCUT2D eigenvalue weighted by Crippen LogP contribution is -2.34. The Kier molecular flexibility index (Phi) is 6.72. The van der Waals surface area contributed by atoms with Crippen molar-refractivity contribution in [2.45, 2.75) is 39.5 Å². The van der Waals surface area contributed by atoms with Crippen LogP contribution >= 0.6 is 0 Å². The van der Waals surface area contributed by atoms with Gasteiger partial charge in [-0.2, -0.15) is 0 Å². The molecule has 0 bridgehead atoms. The largest absolute Gasteiger partial charge is 0.493 e. The average molecular weight is 304 g/mol. The molecule has 1 fully saturated rings. The molecule has 0 radical (unpaired) electrons. The second-order valence-electron chi connectivity index (χ2n) is 6.06. The van der Waals surface area contributed by atoms with Crippen LogP contribution in [0.5, 0.6) is 5.75 Å². The Morgan fingerprint density at radius 2 is 2.09 bits per heavy atom. The molecule has 2 rings (SSSR count). The van der Waals surface area contributed by atoms with Gasteiger partial charge in [-0.05, 0) is 56.8 Å². The van der Waals surface area contributed by atoms with E-state index in [9.17, 15) is 4.79 Å². The van der Waals surface area contributed by atoms with Crippen molar-refractivity contribution in [3.63, 3.8) is 0 Å². The first-order valence-corrected chi connectivity index (χ1v) is 8.35. The van der Waals surface area contributed by atoms with Crippen molar-refractivity contribution >= 4 is 5.91 Å². The molecule has 4 heteroatoms. The quantitative estimate of drug-likeness (QED) is 0.822. The van der Waals surface area contributed by atoms with Gasteiger partial charge in [-0.1, -0.05) is 12.1 Å². The molecule has 0 spiro atoms. The molecular formula is C18H28N2O2. The number of rotatable bonds is 6. The van der Waals surface area contributed by atoms with Crippen LogP contribution in [-0.4, -0.2) is 43.6 Å². The molecule has 0 aromatic heterocycles. The van der Waals surface area contributed by atoms with E-state index in [4.69, 9.17) is 4.74 Å². The number of ether oxygens (including phenoxy) is 1. The summed E-state index contributed by atoms with van der Waals surface area (Å²) in [6.07, 6.45) is 3.51. The highest BCUT2D eigenvalue weighted by Crippen LogP contribution is 2.19. The minimum atomic E-state index is 0.287. The van der Waals surface area contributed by atoms with Crippen molar-refractivity contribution < 1.29 is 9.53 Å². The van der Waals surface area contributed by atoms with E-state index < -0.39 is 0 Å². The van der Waals surface area contributed by atoms with Crippen LogP contribution in [0.3, 0.4) is 0 Å². The number of nitrogens with one attached hydrogen (secondary N) is 1. The summed E-state index contributed by atoms with van der Waals surface area (Å²) in [5, 5.41) is 3.32. The maximum absolute atomic E-state index is 12.1. The first kappa shape index (κ1) is 16.8. The fraction of sp³-hybridized carbons (Fsp3) is 0.611. The molecule has 0 saturated carbocycles. The number of hydrogen-bond acceptors (Lipinski definition) is 3. The Bertz CT molecular complexity index is 480.